The lowest BCUT2D eigenvalue weighted by Crippen LogP contribution is -2.13. The van der Waals surface area contributed by atoms with Crippen LogP contribution in [0.5, 0.6) is 0 Å². The van der Waals surface area contributed by atoms with Crippen LogP contribution in [0.4, 0.5) is 5.69 Å². The predicted octanol–water partition coefficient (Wildman–Crippen LogP) is 2.16. The van der Waals surface area contributed by atoms with E-state index in [0.717, 1.165) is 10.9 Å². The number of fused-ring (bicyclic) bond motifs is 2. The molecule has 0 aliphatic rings. The molecule has 0 heterocycles. The summed E-state index contributed by atoms with van der Waals surface area (Å²) >= 11 is 0. The van der Waals surface area contributed by atoms with Crippen LogP contribution in [0.15, 0.2) is 82.6 Å². The first-order valence-corrected chi connectivity index (χ1v) is 15.5. The van der Waals surface area contributed by atoms with Crippen LogP contribution in [-0.4, -0.2) is 52.4 Å². The quantitative estimate of drug-likeness (QED) is 0.293. The van der Waals surface area contributed by atoms with Crippen molar-refractivity contribution in [3.8, 4) is 0 Å². The lowest BCUT2D eigenvalue weighted by molar-refractivity contribution is -0.116. The SMILES string of the molecule is CC(=O)Cc1ccc2cc(S(=O)(=O)Nc3ccc4cccc(S(=O)(=O)O)c4c3)ccc2c1.O=S(=O)=O.O=S(=O)=O. The number of carbonyl (C=O) groups is 1. The van der Waals surface area contributed by atoms with Gasteiger partial charge in [0.05, 0.1) is 4.90 Å². The Balaban J connectivity index is 0.000000621. The third-order valence-electron chi connectivity index (χ3n) is 5.01. The number of nitrogens with one attached hydrogen (secondary N) is 1. The molecule has 0 aromatic heterocycles. The van der Waals surface area contributed by atoms with Crippen molar-refractivity contribution in [1.29, 1.82) is 0 Å². The van der Waals surface area contributed by atoms with Gasteiger partial charge in [0.1, 0.15) is 10.7 Å². The van der Waals surface area contributed by atoms with Crippen LogP contribution in [0, 0.1) is 0 Å². The van der Waals surface area contributed by atoms with Gasteiger partial charge in [-0.05, 0) is 59.0 Å². The van der Waals surface area contributed by atoms with Gasteiger partial charge in [0.25, 0.3) is 20.1 Å². The molecule has 13 nitrogen and oxygen atoms in total. The van der Waals surface area contributed by atoms with Crippen LogP contribution < -0.4 is 4.72 Å². The van der Waals surface area contributed by atoms with E-state index in [0.29, 0.717) is 17.2 Å². The van der Waals surface area contributed by atoms with E-state index < -0.39 is 41.4 Å². The number of hydrogen-bond acceptors (Lipinski definition) is 11. The largest absolute Gasteiger partial charge is 0.425 e. The normalized spacial score (nSPS) is 10.9. The number of hydrogen-bond donors (Lipinski definition) is 2. The molecule has 0 saturated carbocycles. The summed E-state index contributed by atoms with van der Waals surface area (Å²) in [4.78, 5) is 11.1. The molecule has 17 heteroatoms. The fourth-order valence-electron chi connectivity index (χ4n) is 3.58. The van der Waals surface area contributed by atoms with Crippen LogP contribution >= 0.6 is 0 Å². The summed E-state index contributed by atoms with van der Waals surface area (Å²) in [6, 6.07) is 18.9. The Morgan fingerprint density at radius 3 is 1.88 bits per heavy atom. The van der Waals surface area contributed by atoms with Crippen molar-refractivity contribution in [1.82, 2.24) is 0 Å². The van der Waals surface area contributed by atoms with Crippen LogP contribution in [0.3, 0.4) is 0 Å². The maximum atomic E-state index is 13.0. The van der Waals surface area contributed by atoms with Crippen molar-refractivity contribution in [2.75, 3.05) is 4.72 Å². The highest BCUT2D eigenvalue weighted by Gasteiger charge is 2.18. The fourth-order valence-corrected chi connectivity index (χ4v) is 5.37. The molecule has 0 spiro atoms. The van der Waals surface area contributed by atoms with E-state index in [9.17, 15) is 26.2 Å². The number of Topliss-reactive ketones (excluding diaryl/α,β-unsaturated/α-hetero) is 1. The van der Waals surface area contributed by atoms with Crippen LogP contribution in [0.1, 0.15) is 12.5 Å². The van der Waals surface area contributed by atoms with Gasteiger partial charge in [-0.1, -0.05) is 42.5 Å². The fraction of sp³-hybridized carbons (Fsp3) is 0.0870. The molecule has 0 amide bonds. The summed E-state index contributed by atoms with van der Waals surface area (Å²) in [5.41, 5.74) is 1.01. The summed E-state index contributed by atoms with van der Waals surface area (Å²) in [5.74, 6) is 0.0419. The van der Waals surface area contributed by atoms with E-state index in [2.05, 4.69) is 4.72 Å². The molecular formula is C23H19NO12S4. The Kier molecular flexibility index (Phi) is 10.7. The standard InChI is InChI=1S/C23H19NO6S2.2O3S/c1-15(25)11-16-5-6-19-13-21(10-8-18(19)12-16)31(26,27)24-20-9-7-17-3-2-4-23(22(17)14-20)32(28,29)30;2*1-4(2)3/h2-10,12-14,24H,11H2,1H3,(H,28,29,30);;. The molecule has 0 saturated heterocycles. The molecule has 0 atom stereocenters. The van der Waals surface area contributed by atoms with Crippen LogP contribution in [0.2, 0.25) is 0 Å². The summed E-state index contributed by atoms with van der Waals surface area (Å²) in [6.07, 6.45) is 0.311. The van der Waals surface area contributed by atoms with Crippen molar-refractivity contribution in [3.05, 3.63) is 78.4 Å². The summed E-state index contributed by atoms with van der Waals surface area (Å²) in [7, 11) is -14.7. The zero-order chi connectivity index (χ0) is 30.3. The summed E-state index contributed by atoms with van der Waals surface area (Å²) in [5, 5.41) is 2.25. The average Bonchev–Trinajstić information content (AvgIpc) is 2.81. The first kappa shape index (κ1) is 32.2. The Bertz CT molecular complexity index is 2000. The second kappa shape index (κ2) is 13.4. The predicted molar refractivity (Wildman–Crippen MR) is 142 cm³/mol. The minimum Gasteiger partial charge on any atom is -0.300 e. The Morgan fingerprint density at radius 1 is 0.750 bits per heavy atom. The van der Waals surface area contributed by atoms with Crippen LogP contribution in [-0.2, 0) is 52.6 Å². The summed E-state index contributed by atoms with van der Waals surface area (Å²) in [6.45, 7) is 1.51. The molecule has 4 rings (SSSR count). The van der Waals surface area contributed by atoms with Gasteiger partial charge in [0, 0.05) is 17.5 Å². The highest BCUT2D eigenvalue weighted by Crippen LogP contribution is 2.28. The van der Waals surface area contributed by atoms with E-state index in [1.807, 2.05) is 6.07 Å². The van der Waals surface area contributed by atoms with Gasteiger partial charge in [-0.25, -0.2) is 8.42 Å². The molecule has 40 heavy (non-hydrogen) atoms. The molecule has 0 radical (unpaired) electrons. The van der Waals surface area contributed by atoms with Crippen LogP contribution in [0.25, 0.3) is 21.5 Å². The Labute approximate surface area is 231 Å². The number of anilines is 1. The van der Waals surface area contributed by atoms with Gasteiger partial charge in [0.15, 0.2) is 0 Å². The zero-order valence-electron chi connectivity index (χ0n) is 20.2. The van der Waals surface area contributed by atoms with Gasteiger partial charge in [-0.3, -0.25) is 14.1 Å². The van der Waals surface area contributed by atoms with Gasteiger partial charge >= 0.3 is 21.2 Å². The highest BCUT2D eigenvalue weighted by molar-refractivity contribution is 7.92. The van der Waals surface area contributed by atoms with E-state index in [1.54, 1.807) is 30.3 Å². The molecule has 4 aromatic rings. The third kappa shape index (κ3) is 9.62. The number of benzene rings is 4. The number of rotatable bonds is 6. The molecule has 0 aliphatic carbocycles. The van der Waals surface area contributed by atoms with E-state index in [4.69, 9.17) is 25.3 Å². The van der Waals surface area contributed by atoms with Crippen molar-refractivity contribution >= 4 is 74.4 Å². The van der Waals surface area contributed by atoms with Gasteiger partial charge in [-0.2, -0.15) is 8.42 Å². The molecule has 0 fully saturated rings. The van der Waals surface area contributed by atoms with Gasteiger partial charge < -0.3 is 0 Å². The molecule has 4 aromatic carbocycles. The zero-order valence-corrected chi connectivity index (χ0v) is 23.5. The van der Waals surface area contributed by atoms with Gasteiger partial charge in [0.2, 0.25) is 0 Å². The lowest BCUT2D eigenvalue weighted by atomic mass is 10.0. The number of ketones is 1. The lowest BCUT2D eigenvalue weighted by Gasteiger charge is -2.11. The Morgan fingerprint density at radius 2 is 1.30 bits per heavy atom. The Hall–Kier alpha value is -4.03. The molecule has 0 unspecified atom stereocenters. The van der Waals surface area contributed by atoms with Crippen molar-refractivity contribution < 1.29 is 51.4 Å². The van der Waals surface area contributed by atoms with Crippen molar-refractivity contribution in [3.63, 3.8) is 0 Å². The highest BCUT2D eigenvalue weighted by atomic mass is 32.2. The first-order chi connectivity index (χ1) is 18.5. The first-order valence-electron chi connectivity index (χ1n) is 10.6. The minimum absolute atomic E-state index is 0.0347. The smallest absolute Gasteiger partial charge is 0.300 e. The molecule has 2 N–H and O–H groups in total. The minimum atomic E-state index is -4.48. The van der Waals surface area contributed by atoms with E-state index in [-0.39, 0.29) is 26.6 Å². The summed E-state index contributed by atoms with van der Waals surface area (Å²) < 4.78 is 112. The second-order valence-corrected chi connectivity index (χ2v) is 11.8. The maximum Gasteiger partial charge on any atom is 0.425 e. The van der Waals surface area contributed by atoms with Crippen molar-refractivity contribution in [2.24, 2.45) is 0 Å². The monoisotopic (exact) mass is 629 g/mol. The molecular weight excluding hydrogens is 611 g/mol. The average molecular weight is 630 g/mol. The molecule has 0 aliphatic heterocycles. The van der Waals surface area contributed by atoms with E-state index in [1.165, 1.54) is 43.3 Å². The van der Waals surface area contributed by atoms with Crippen molar-refractivity contribution in [2.45, 2.75) is 23.1 Å². The number of sulfonamides is 1. The topological polar surface area (TPSA) is 220 Å². The molecule has 0 bridgehead atoms. The molecule has 212 valence electrons. The van der Waals surface area contributed by atoms with E-state index >= 15 is 0 Å². The number of carbonyl (C=O) groups excluding carboxylic acids is 1. The maximum absolute atomic E-state index is 13.0. The second-order valence-electron chi connectivity index (χ2n) is 7.90. The van der Waals surface area contributed by atoms with Gasteiger partial charge in [-0.15, -0.1) is 25.3 Å². The third-order valence-corrected chi connectivity index (χ3v) is 7.30.